The third-order valence-electron chi connectivity index (χ3n) is 3.43. The first-order valence-electron chi connectivity index (χ1n) is 6.46. The zero-order valence-corrected chi connectivity index (χ0v) is 12.3. The van der Waals surface area contributed by atoms with Crippen molar-refractivity contribution in [1.29, 1.82) is 0 Å². The molecule has 1 N–H and O–H groups in total. The van der Waals surface area contributed by atoms with Crippen LogP contribution in [0.4, 0.5) is 0 Å². The summed E-state index contributed by atoms with van der Waals surface area (Å²) in [5, 5.41) is 3.48. The molecular formula is C13H17Cl2N3O. The fourth-order valence-corrected chi connectivity index (χ4v) is 2.75. The van der Waals surface area contributed by atoms with E-state index >= 15 is 0 Å². The molecular weight excluding hydrogens is 285 g/mol. The smallest absolute Gasteiger partial charge is 0.271 e. The topological polar surface area (TPSA) is 45.2 Å². The molecule has 1 aromatic rings. The molecule has 104 valence electrons. The Labute approximate surface area is 123 Å². The van der Waals surface area contributed by atoms with Gasteiger partial charge in [-0.2, -0.15) is 0 Å². The van der Waals surface area contributed by atoms with Crippen LogP contribution >= 0.6 is 23.2 Å². The van der Waals surface area contributed by atoms with Crippen LogP contribution in [0.3, 0.4) is 0 Å². The van der Waals surface area contributed by atoms with Gasteiger partial charge in [0.25, 0.3) is 5.91 Å². The molecule has 0 spiro atoms. The van der Waals surface area contributed by atoms with Gasteiger partial charge in [0.2, 0.25) is 0 Å². The molecule has 1 unspecified atom stereocenters. The number of pyridine rings is 1. The molecule has 6 heteroatoms. The summed E-state index contributed by atoms with van der Waals surface area (Å²) >= 11 is 11.7. The normalized spacial score (nSPS) is 19.6. The number of carbonyl (C=O) groups is 1. The number of nitrogens with one attached hydrogen (secondary N) is 1. The molecule has 2 rings (SSSR count). The lowest BCUT2D eigenvalue weighted by atomic mass is 10.2. The van der Waals surface area contributed by atoms with Crippen LogP contribution in [0.5, 0.6) is 0 Å². The maximum Gasteiger partial charge on any atom is 0.271 e. The molecule has 1 fully saturated rings. The van der Waals surface area contributed by atoms with Crippen LogP contribution in [0.2, 0.25) is 10.2 Å². The molecule has 1 amide bonds. The molecule has 2 heterocycles. The van der Waals surface area contributed by atoms with Crippen LogP contribution in [-0.4, -0.2) is 41.5 Å². The van der Waals surface area contributed by atoms with E-state index in [9.17, 15) is 4.79 Å². The van der Waals surface area contributed by atoms with Gasteiger partial charge in [-0.15, -0.1) is 0 Å². The van der Waals surface area contributed by atoms with E-state index in [0.717, 1.165) is 19.5 Å². The van der Waals surface area contributed by atoms with Gasteiger partial charge in [-0.05, 0) is 38.1 Å². The van der Waals surface area contributed by atoms with E-state index in [-0.39, 0.29) is 16.8 Å². The number of hydrogen-bond acceptors (Lipinski definition) is 3. The van der Waals surface area contributed by atoms with E-state index in [2.05, 4.69) is 22.1 Å². The predicted molar refractivity (Wildman–Crippen MR) is 76.9 cm³/mol. The Morgan fingerprint density at radius 1 is 1.53 bits per heavy atom. The van der Waals surface area contributed by atoms with Crippen molar-refractivity contribution < 1.29 is 4.79 Å². The zero-order valence-electron chi connectivity index (χ0n) is 10.8. The average molecular weight is 302 g/mol. The number of carbonyl (C=O) groups excluding carboxylic acids is 1. The SMILES string of the molecule is CCN1CCCC1CNC(=O)c1nc(Cl)ccc1Cl. The molecule has 1 aliphatic rings. The molecule has 1 atom stereocenters. The lowest BCUT2D eigenvalue weighted by molar-refractivity contribution is 0.0936. The molecule has 0 radical (unpaired) electrons. The largest absolute Gasteiger partial charge is 0.349 e. The molecule has 0 saturated carbocycles. The van der Waals surface area contributed by atoms with Crippen molar-refractivity contribution in [3.05, 3.63) is 28.0 Å². The highest BCUT2D eigenvalue weighted by Crippen LogP contribution is 2.18. The predicted octanol–water partition coefficient (Wildman–Crippen LogP) is 2.60. The van der Waals surface area contributed by atoms with Gasteiger partial charge in [-0.1, -0.05) is 30.1 Å². The summed E-state index contributed by atoms with van der Waals surface area (Å²) in [6.45, 7) is 4.87. The van der Waals surface area contributed by atoms with Gasteiger partial charge in [0.05, 0.1) is 5.02 Å². The Hall–Kier alpha value is -0.840. The van der Waals surface area contributed by atoms with Crippen molar-refractivity contribution in [3.63, 3.8) is 0 Å². The summed E-state index contributed by atoms with van der Waals surface area (Å²) in [7, 11) is 0. The second-order valence-electron chi connectivity index (χ2n) is 4.60. The fraction of sp³-hybridized carbons (Fsp3) is 0.538. The molecule has 1 aliphatic heterocycles. The van der Waals surface area contributed by atoms with Crippen molar-refractivity contribution >= 4 is 29.1 Å². The van der Waals surface area contributed by atoms with E-state index in [1.54, 1.807) is 12.1 Å². The summed E-state index contributed by atoms with van der Waals surface area (Å²) in [5.41, 5.74) is 0.190. The zero-order chi connectivity index (χ0) is 13.8. The first-order valence-corrected chi connectivity index (χ1v) is 7.21. The van der Waals surface area contributed by atoms with Crippen LogP contribution in [-0.2, 0) is 0 Å². The maximum absolute atomic E-state index is 12.0. The lowest BCUT2D eigenvalue weighted by Crippen LogP contribution is -2.40. The highest BCUT2D eigenvalue weighted by molar-refractivity contribution is 6.34. The van der Waals surface area contributed by atoms with Crippen molar-refractivity contribution in [2.75, 3.05) is 19.6 Å². The molecule has 19 heavy (non-hydrogen) atoms. The summed E-state index contributed by atoms with van der Waals surface area (Å²) in [4.78, 5) is 18.4. The van der Waals surface area contributed by atoms with Crippen LogP contribution < -0.4 is 5.32 Å². The Morgan fingerprint density at radius 3 is 3.05 bits per heavy atom. The summed E-state index contributed by atoms with van der Waals surface area (Å²) in [6, 6.07) is 3.56. The molecule has 0 bridgehead atoms. The van der Waals surface area contributed by atoms with E-state index in [1.807, 2.05) is 0 Å². The molecule has 0 aliphatic carbocycles. The van der Waals surface area contributed by atoms with Gasteiger partial charge in [-0.3, -0.25) is 9.69 Å². The summed E-state index contributed by atoms with van der Waals surface area (Å²) < 4.78 is 0. The lowest BCUT2D eigenvalue weighted by Gasteiger charge is -2.22. The van der Waals surface area contributed by atoms with Crippen molar-refractivity contribution in [2.24, 2.45) is 0 Å². The minimum absolute atomic E-state index is 0.190. The Kier molecular flexibility index (Phi) is 5.02. The molecule has 1 aromatic heterocycles. The highest BCUT2D eigenvalue weighted by atomic mass is 35.5. The van der Waals surface area contributed by atoms with E-state index in [1.165, 1.54) is 6.42 Å². The van der Waals surface area contributed by atoms with Crippen LogP contribution in [0.15, 0.2) is 12.1 Å². The average Bonchev–Trinajstić information content (AvgIpc) is 2.86. The van der Waals surface area contributed by atoms with Crippen LogP contribution in [0.25, 0.3) is 0 Å². The van der Waals surface area contributed by atoms with Gasteiger partial charge in [-0.25, -0.2) is 4.98 Å². The van der Waals surface area contributed by atoms with Crippen molar-refractivity contribution in [1.82, 2.24) is 15.2 Å². The number of likely N-dealkylation sites (N-methyl/N-ethyl adjacent to an activating group) is 1. The maximum atomic E-state index is 12.0. The fourth-order valence-electron chi connectivity index (χ4n) is 2.41. The van der Waals surface area contributed by atoms with Gasteiger partial charge in [0, 0.05) is 12.6 Å². The van der Waals surface area contributed by atoms with Gasteiger partial charge < -0.3 is 5.32 Å². The molecule has 1 saturated heterocycles. The van der Waals surface area contributed by atoms with Crippen molar-refractivity contribution in [3.8, 4) is 0 Å². The number of rotatable bonds is 4. The monoisotopic (exact) mass is 301 g/mol. The third-order valence-corrected chi connectivity index (χ3v) is 3.95. The number of halogens is 2. The Balaban J connectivity index is 1.96. The van der Waals surface area contributed by atoms with E-state index < -0.39 is 0 Å². The van der Waals surface area contributed by atoms with Crippen LogP contribution in [0, 0.1) is 0 Å². The Bertz CT molecular complexity index is 467. The second kappa shape index (κ2) is 6.55. The second-order valence-corrected chi connectivity index (χ2v) is 5.39. The molecule has 4 nitrogen and oxygen atoms in total. The summed E-state index contributed by atoms with van der Waals surface area (Å²) in [6.07, 6.45) is 2.30. The molecule has 0 aromatic carbocycles. The van der Waals surface area contributed by atoms with Gasteiger partial charge >= 0.3 is 0 Å². The third kappa shape index (κ3) is 3.59. The first kappa shape index (κ1) is 14.6. The number of amides is 1. The number of nitrogens with zero attached hydrogens (tertiary/aromatic N) is 2. The van der Waals surface area contributed by atoms with Gasteiger partial charge in [0.1, 0.15) is 10.8 Å². The number of aromatic nitrogens is 1. The summed E-state index contributed by atoms with van der Waals surface area (Å²) in [5.74, 6) is -0.268. The van der Waals surface area contributed by atoms with E-state index in [4.69, 9.17) is 23.2 Å². The minimum atomic E-state index is -0.268. The number of hydrogen-bond donors (Lipinski definition) is 1. The Morgan fingerprint density at radius 2 is 2.32 bits per heavy atom. The van der Waals surface area contributed by atoms with E-state index in [0.29, 0.717) is 17.6 Å². The number of likely N-dealkylation sites (tertiary alicyclic amines) is 1. The minimum Gasteiger partial charge on any atom is -0.349 e. The van der Waals surface area contributed by atoms with Gasteiger partial charge in [0.15, 0.2) is 0 Å². The first-order chi connectivity index (χ1) is 9.11. The van der Waals surface area contributed by atoms with Crippen LogP contribution in [0.1, 0.15) is 30.3 Å². The van der Waals surface area contributed by atoms with Crippen molar-refractivity contribution in [2.45, 2.75) is 25.8 Å². The standard InChI is InChI=1S/C13H17Cl2N3O/c1-2-18-7-3-4-9(18)8-16-13(19)12-10(14)5-6-11(15)17-12/h5-6,9H,2-4,7-8H2,1H3,(H,16,19). The quantitative estimate of drug-likeness (QED) is 0.870. The highest BCUT2D eigenvalue weighted by Gasteiger charge is 2.24.